The Balaban J connectivity index is 1.84. The molecule has 1 unspecified atom stereocenters. The smallest absolute Gasteiger partial charge is 0.255 e. The minimum Gasteiger partial charge on any atom is -0.336 e. The van der Waals surface area contributed by atoms with Gasteiger partial charge >= 0.3 is 0 Å². The third-order valence-corrected chi connectivity index (χ3v) is 4.47. The fourth-order valence-electron chi connectivity index (χ4n) is 2.65. The van der Waals surface area contributed by atoms with Gasteiger partial charge in [0, 0.05) is 36.6 Å². The normalized spacial score (nSPS) is 18.8. The fourth-order valence-corrected chi connectivity index (χ4v) is 3.29. The lowest BCUT2D eigenvalue weighted by atomic mass is 10.1. The second kappa shape index (κ2) is 5.95. The summed E-state index contributed by atoms with van der Waals surface area (Å²) in [5, 5.41) is 7.46. The second-order valence-electron chi connectivity index (χ2n) is 5.45. The van der Waals surface area contributed by atoms with Crippen LogP contribution in [0.4, 0.5) is 0 Å². The molecule has 0 radical (unpaired) electrons. The zero-order chi connectivity index (χ0) is 14.8. The largest absolute Gasteiger partial charge is 0.336 e. The predicted molar refractivity (Wildman–Crippen MR) is 85.7 cm³/mol. The van der Waals surface area contributed by atoms with Gasteiger partial charge in [-0.15, -0.1) is 0 Å². The van der Waals surface area contributed by atoms with Gasteiger partial charge < -0.3 is 10.2 Å². The molecule has 0 aromatic carbocycles. The Labute approximate surface area is 128 Å². The van der Waals surface area contributed by atoms with Gasteiger partial charge in [-0.05, 0) is 37.4 Å². The van der Waals surface area contributed by atoms with Gasteiger partial charge in [0.2, 0.25) is 0 Å². The number of nitrogens with one attached hydrogen (secondary N) is 1. The highest BCUT2D eigenvalue weighted by Gasteiger charge is 2.23. The van der Waals surface area contributed by atoms with E-state index >= 15 is 0 Å². The van der Waals surface area contributed by atoms with Crippen molar-refractivity contribution in [3.8, 4) is 11.3 Å². The number of pyridine rings is 1. The van der Waals surface area contributed by atoms with Gasteiger partial charge in [0.1, 0.15) is 0 Å². The number of hydrogen-bond donors (Lipinski definition) is 1. The maximum atomic E-state index is 12.6. The molecule has 4 nitrogen and oxygen atoms in total. The summed E-state index contributed by atoms with van der Waals surface area (Å²) in [6.07, 6.45) is 0. The van der Waals surface area contributed by atoms with Crippen molar-refractivity contribution in [1.82, 2.24) is 15.2 Å². The molecule has 0 spiro atoms. The number of hydrogen-bond acceptors (Lipinski definition) is 4. The first-order valence-electron chi connectivity index (χ1n) is 7.18. The van der Waals surface area contributed by atoms with E-state index in [1.807, 2.05) is 35.4 Å². The van der Waals surface area contributed by atoms with Gasteiger partial charge in [-0.2, -0.15) is 11.3 Å². The van der Waals surface area contributed by atoms with Crippen LogP contribution in [0.2, 0.25) is 0 Å². The molecular weight excluding hydrogens is 282 g/mol. The van der Waals surface area contributed by atoms with Crippen molar-refractivity contribution in [1.29, 1.82) is 0 Å². The average molecular weight is 301 g/mol. The zero-order valence-corrected chi connectivity index (χ0v) is 13.1. The van der Waals surface area contributed by atoms with Crippen LogP contribution in [0.1, 0.15) is 23.0 Å². The molecule has 1 aliphatic heterocycles. The number of aromatic nitrogens is 1. The van der Waals surface area contributed by atoms with Crippen molar-refractivity contribution in [2.45, 2.75) is 19.9 Å². The molecule has 3 heterocycles. The lowest BCUT2D eigenvalue weighted by molar-refractivity contribution is 0.0708. The van der Waals surface area contributed by atoms with Crippen molar-refractivity contribution in [2.24, 2.45) is 0 Å². The van der Waals surface area contributed by atoms with E-state index in [4.69, 9.17) is 0 Å². The van der Waals surface area contributed by atoms with Crippen LogP contribution >= 0.6 is 11.3 Å². The van der Waals surface area contributed by atoms with Gasteiger partial charge in [-0.25, -0.2) is 0 Å². The maximum absolute atomic E-state index is 12.6. The number of piperazine rings is 1. The van der Waals surface area contributed by atoms with E-state index in [2.05, 4.69) is 22.6 Å². The molecule has 1 amide bonds. The van der Waals surface area contributed by atoms with Gasteiger partial charge in [0.05, 0.1) is 17.0 Å². The first-order chi connectivity index (χ1) is 10.1. The molecule has 2 aromatic rings. The van der Waals surface area contributed by atoms with Crippen molar-refractivity contribution in [2.75, 3.05) is 19.6 Å². The molecule has 21 heavy (non-hydrogen) atoms. The van der Waals surface area contributed by atoms with Crippen molar-refractivity contribution in [3.63, 3.8) is 0 Å². The minimum atomic E-state index is 0.0882. The van der Waals surface area contributed by atoms with Gasteiger partial charge in [0.25, 0.3) is 5.91 Å². The molecule has 5 heteroatoms. The zero-order valence-electron chi connectivity index (χ0n) is 12.3. The van der Waals surface area contributed by atoms with E-state index < -0.39 is 0 Å². The lowest BCUT2D eigenvalue weighted by Crippen LogP contribution is -2.51. The number of rotatable bonds is 2. The summed E-state index contributed by atoms with van der Waals surface area (Å²) in [4.78, 5) is 19.1. The van der Waals surface area contributed by atoms with E-state index in [-0.39, 0.29) is 5.91 Å². The molecule has 110 valence electrons. The van der Waals surface area contributed by atoms with Crippen molar-refractivity contribution in [3.05, 3.63) is 40.2 Å². The van der Waals surface area contributed by atoms with Crippen LogP contribution in [-0.2, 0) is 0 Å². The van der Waals surface area contributed by atoms with Gasteiger partial charge in [-0.3, -0.25) is 9.78 Å². The Morgan fingerprint density at radius 3 is 2.95 bits per heavy atom. The fraction of sp³-hybridized carbons (Fsp3) is 0.375. The summed E-state index contributed by atoms with van der Waals surface area (Å²) in [6, 6.07) is 6.24. The van der Waals surface area contributed by atoms with Crippen LogP contribution in [0.25, 0.3) is 11.3 Å². The lowest BCUT2D eigenvalue weighted by Gasteiger charge is -2.32. The van der Waals surface area contributed by atoms with E-state index in [1.54, 1.807) is 11.3 Å². The molecule has 3 rings (SSSR count). The third kappa shape index (κ3) is 2.99. The SMILES string of the molecule is Cc1nc(-c2ccsc2)ccc1C(=O)N1CCNC(C)C1. The highest BCUT2D eigenvalue weighted by atomic mass is 32.1. The molecule has 0 saturated carbocycles. The van der Waals surface area contributed by atoms with Crippen molar-refractivity contribution >= 4 is 17.2 Å². The summed E-state index contributed by atoms with van der Waals surface area (Å²) in [7, 11) is 0. The number of carbonyl (C=O) groups is 1. The maximum Gasteiger partial charge on any atom is 0.255 e. The van der Waals surface area contributed by atoms with E-state index in [0.29, 0.717) is 11.6 Å². The number of amides is 1. The molecule has 0 aliphatic carbocycles. The molecule has 2 aromatic heterocycles. The van der Waals surface area contributed by atoms with E-state index in [0.717, 1.165) is 36.6 Å². The minimum absolute atomic E-state index is 0.0882. The second-order valence-corrected chi connectivity index (χ2v) is 6.23. The molecule has 1 N–H and O–H groups in total. The Morgan fingerprint density at radius 1 is 1.43 bits per heavy atom. The van der Waals surface area contributed by atoms with Crippen LogP contribution in [0.3, 0.4) is 0 Å². The number of carbonyl (C=O) groups excluding carboxylic acids is 1. The summed E-state index contributed by atoms with van der Waals surface area (Å²) in [5.41, 5.74) is 3.55. The highest BCUT2D eigenvalue weighted by Crippen LogP contribution is 2.22. The Kier molecular flexibility index (Phi) is 4.03. The first-order valence-corrected chi connectivity index (χ1v) is 8.12. The third-order valence-electron chi connectivity index (χ3n) is 3.79. The van der Waals surface area contributed by atoms with Crippen molar-refractivity contribution < 1.29 is 4.79 Å². The predicted octanol–water partition coefficient (Wildman–Crippen LogP) is 2.55. The van der Waals surface area contributed by atoms with Crippen LogP contribution < -0.4 is 5.32 Å². The van der Waals surface area contributed by atoms with Crippen LogP contribution in [0, 0.1) is 6.92 Å². The quantitative estimate of drug-likeness (QED) is 0.927. The number of aryl methyl sites for hydroxylation is 1. The summed E-state index contributed by atoms with van der Waals surface area (Å²) < 4.78 is 0. The van der Waals surface area contributed by atoms with Crippen LogP contribution in [0.15, 0.2) is 29.0 Å². The molecule has 0 bridgehead atoms. The molecule has 1 saturated heterocycles. The average Bonchev–Trinajstić information content (AvgIpc) is 3.00. The molecule has 1 atom stereocenters. The molecule has 1 fully saturated rings. The molecular formula is C16H19N3OS. The van der Waals surface area contributed by atoms with E-state index in [1.165, 1.54) is 0 Å². The molecule has 1 aliphatic rings. The number of thiophene rings is 1. The van der Waals surface area contributed by atoms with E-state index in [9.17, 15) is 4.79 Å². The Hall–Kier alpha value is -1.72. The Bertz CT molecular complexity index is 639. The van der Waals surface area contributed by atoms with Crippen LogP contribution in [0.5, 0.6) is 0 Å². The summed E-state index contributed by atoms with van der Waals surface area (Å²) >= 11 is 1.65. The highest BCUT2D eigenvalue weighted by molar-refractivity contribution is 7.08. The van der Waals surface area contributed by atoms with Crippen LogP contribution in [-0.4, -0.2) is 41.5 Å². The topological polar surface area (TPSA) is 45.2 Å². The number of nitrogens with zero attached hydrogens (tertiary/aromatic N) is 2. The summed E-state index contributed by atoms with van der Waals surface area (Å²) in [5.74, 6) is 0.0882. The van der Waals surface area contributed by atoms with Gasteiger partial charge in [0.15, 0.2) is 0 Å². The Morgan fingerprint density at radius 2 is 2.29 bits per heavy atom. The van der Waals surface area contributed by atoms with Gasteiger partial charge in [-0.1, -0.05) is 0 Å². The standard InChI is InChI=1S/C16H19N3OS/c1-11-9-19(7-6-17-11)16(20)14-3-4-15(18-12(14)2)13-5-8-21-10-13/h3-5,8,10-11,17H,6-7,9H2,1-2H3. The first kappa shape index (κ1) is 14.2. The summed E-state index contributed by atoms with van der Waals surface area (Å²) in [6.45, 7) is 6.38. The monoisotopic (exact) mass is 301 g/mol.